The van der Waals surface area contributed by atoms with Crippen molar-refractivity contribution in [1.29, 1.82) is 0 Å². The van der Waals surface area contributed by atoms with Crippen LogP contribution >= 0.6 is 0 Å². The van der Waals surface area contributed by atoms with E-state index in [-0.39, 0.29) is 11.4 Å². The van der Waals surface area contributed by atoms with Gasteiger partial charge in [0, 0.05) is 32.3 Å². The molecular weight excluding hydrogens is 434 g/mol. The summed E-state index contributed by atoms with van der Waals surface area (Å²) in [6.07, 6.45) is 2.42. The van der Waals surface area contributed by atoms with Gasteiger partial charge in [0.2, 0.25) is 10.0 Å². The zero-order valence-corrected chi connectivity index (χ0v) is 19.6. The highest BCUT2D eigenvalue weighted by Crippen LogP contribution is 2.41. The summed E-state index contributed by atoms with van der Waals surface area (Å²) in [5.74, 6) is 2.46. The molecule has 9 heteroatoms. The molecule has 32 heavy (non-hydrogen) atoms. The van der Waals surface area contributed by atoms with Crippen LogP contribution in [0.2, 0.25) is 0 Å². The molecule has 0 bridgehead atoms. The first-order valence-corrected chi connectivity index (χ1v) is 11.6. The Kier molecular flexibility index (Phi) is 8.00. The van der Waals surface area contributed by atoms with E-state index in [1.807, 2.05) is 6.08 Å². The second-order valence-electron chi connectivity index (χ2n) is 7.06. The highest BCUT2D eigenvalue weighted by molar-refractivity contribution is 7.89. The molecule has 0 unspecified atom stereocenters. The van der Waals surface area contributed by atoms with Crippen molar-refractivity contribution in [2.24, 2.45) is 0 Å². The monoisotopic (exact) mass is 463 g/mol. The van der Waals surface area contributed by atoms with Gasteiger partial charge in [0.1, 0.15) is 29.6 Å². The molecule has 0 radical (unpaired) electrons. The fourth-order valence-corrected chi connectivity index (χ4v) is 4.90. The molecule has 174 valence electrons. The van der Waals surface area contributed by atoms with E-state index in [1.165, 1.54) is 4.31 Å². The number of sulfonamides is 1. The molecule has 0 fully saturated rings. The summed E-state index contributed by atoms with van der Waals surface area (Å²) >= 11 is 0. The minimum Gasteiger partial charge on any atom is -0.496 e. The predicted octanol–water partition coefficient (Wildman–Crippen LogP) is 3.22. The third kappa shape index (κ3) is 5.17. The molecule has 1 aliphatic rings. The Morgan fingerprint density at radius 2 is 1.53 bits per heavy atom. The van der Waals surface area contributed by atoms with Crippen LogP contribution in [0, 0.1) is 0 Å². The van der Waals surface area contributed by atoms with Gasteiger partial charge >= 0.3 is 0 Å². The Morgan fingerprint density at radius 3 is 2.03 bits per heavy atom. The third-order valence-corrected chi connectivity index (χ3v) is 7.11. The first kappa shape index (κ1) is 23.9. The van der Waals surface area contributed by atoms with Gasteiger partial charge in [0.05, 0.1) is 38.4 Å². The predicted molar refractivity (Wildman–Crippen MR) is 121 cm³/mol. The lowest BCUT2D eigenvalue weighted by Crippen LogP contribution is -2.34. The lowest BCUT2D eigenvalue weighted by Gasteiger charge is -2.27. The molecule has 8 nitrogen and oxygen atoms in total. The number of benzene rings is 2. The van der Waals surface area contributed by atoms with E-state index >= 15 is 0 Å². The SMILES string of the molecule is COCCOc1ccc(S(=O)(=O)N2CC=C(c3c(OC)cc(OC)cc3OC)CC2)cc1. The summed E-state index contributed by atoms with van der Waals surface area (Å²) in [6.45, 7) is 1.47. The zero-order chi connectivity index (χ0) is 23.1. The van der Waals surface area contributed by atoms with Gasteiger partial charge < -0.3 is 23.7 Å². The fourth-order valence-electron chi connectivity index (χ4n) is 3.52. The molecule has 1 aliphatic heterocycles. The summed E-state index contributed by atoms with van der Waals surface area (Å²) in [5.41, 5.74) is 1.78. The summed E-state index contributed by atoms with van der Waals surface area (Å²) in [6, 6.07) is 10.0. The van der Waals surface area contributed by atoms with E-state index in [0.717, 1.165) is 11.1 Å². The van der Waals surface area contributed by atoms with Gasteiger partial charge in [-0.1, -0.05) is 6.08 Å². The number of hydrogen-bond donors (Lipinski definition) is 0. The maximum absolute atomic E-state index is 13.1. The van der Waals surface area contributed by atoms with Crippen LogP contribution in [0.1, 0.15) is 12.0 Å². The molecule has 2 aromatic rings. The first-order chi connectivity index (χ1) is 15.4. The topological polar surface area (TPSA) is 83.5 Å². The lowest BCUT2D eigenvalue weighted by molar-refractivity contribution is 0.146. The second-order valence-corrected chi connectivity index (χ2v) is 9.00. The molecule has 0 spiro atoms. The van der Waals surface area contributed by atoms with Crippen LogP contribution in [-0.2, 0) is 14.8 Å². The highest BCUT2D eigenvalue weighted by Gasteiger charge is 2.28. The van der Waals surface area contributed by atoms with Gasteiger partial charge in [-0.05, 0) is 36.3 Å². The average Bonchev–Trinajstić information content (AvgIpc) is 2.83. The van der Waals surface area contributed by atoms with E-state index < -0.39 is 10.0 Å². The normalized spacial score (nSPS) is 14.6. The standard InChI is InChI=1S/C23H29NO7S/c1-27-13-14-31-18-5-7-20(8-6-18)32(25,26)24-11-9-17(10-12-24)23-21(29-3)15-19(28-2)16-22(23)30-4/h5-9,15-16H,10-14H2,1-4H3. The summed E-state index contributed by atoms with van der Waals surface area (Å²) in [7, 11) is 2.72. The molecule has 0 aliphatic carbocycles. The average molecular weight is 464 g/mol. The first-order valence-electron chi connectivity index (χ1n) is 10.2. The number of methoxy groups -OCH3 is 4. The molecule has 0 saturated heterocycles. The molecule has 0 N–H and O–H groups in total. The maximum atomic E-state index is 13.1. The number of rotatable bonds is 10. The number of ether oxygens (including phenoxy) is 5. The zero-order valence-electron chi connectivity index (χ0n) is 18.8. The van der Waals surface area contributed by atoms with Gasteiger partial charge in [-0.15, -0.1) is 0 Å². The van der Waals surface area contributed by atoms with Gasteiger partial charge in [0.15, 0.2) is 0 Å². The van der Waals surface area contributed by atoms with Crippen LogP contribution in [0.5, 0.6) is 23.0 Å². The van der Waals surface area contributed by atoms with Crippen LogP contribution in [-0.4, -0.2) is 67.5 Å². The quantitative estimate of drug-likeness (QED) is 0.500. The van der Waals surface area contributed by atoms with Crippen LogP contribution in [0.15, 0.2) is 47.4 Å². The van der Waals surface area contributed by atoms with Gasteiger partial charge in [-0.25, -0.2) is 8.42 Å². The van der Waals surface area contributed by atoms with E-state index in [4.69, 9.17) is 23.7 Å². The summed E-state index contributed by atoms with van der Waals surface area (Å²) < 4.78 is 54.5. The lowest BCUT2D eigenvalue weighted by atomic mass is 9.98. The van der Waals surface area contributed by atoms with Crippen LogP contribution in [0.25, 0.3) is 5.57 Å². The maximum Gasteiger partial charge on any atom is 0.243 e. The molecule has 1 heterocycles. The minimum atomic E-state index is -3.63. The largest absolute Gasteiger partial charge is 0.496 e. The third-order valence-electron chi connectivity index (χ3n) is 5.23. The molecule has 0 atom stereocenters. The van der Waals surface area contributed by atoms with Crippen molar-refractivity contribution in [3.63, 3.8) is 0 Å². The van der Waals surface area contributed by atoms with E-state index in [2.05, 4.69) is 0 Å². The second kappa shape index (κ2) is 10.7. The number of hydrogen-bond acceptors (Lipinski definition) is 7. The van der Waals surface area contributed by atoms with Crippen LogP contribution < -0.4 is 18.9 Å². The van der Waals surface area contributed by atoms with Crippen molar-refractivity contribution in [1.82, 2.24) is 4.31 Å². The van der Waals surface area contributed by atoms with Gasteiger partial charge in [-0.3, -0.25) is 0 Å². The Morgan fingerprint density at radius 1 is 0.875 bits per heavy atom. The molecule has 0 saturated carbocycles. The molecular formula is C23H29NO7S. The molecule has 2 aromatic carbocycles. The smallest absolute Gasteiger partial charge is 0.243 e. The molecule has 0 amide bonds. The Labute approximate surface area is 189 Å². The van der Waals surface area contributed by atoms with Crippen LogP contribution in [0.3, 0.4) is 0 Å². The van der Waals surface area contributed by atoms with Crippen molar-refractivity contribution in [2.45, 2.75) is 11.3 Å². The van der Waals surface area contributed by atoms with Crippen LogP contribution in [0.4, 0.5) is 0 Å². The van der Waals surface area contributed by atoms with Crippen molar-refractivity contribution >= 4 is 15.6 Å². The Balaban J connectivity index is 1.79. The fraction of sp³-hybridized carbons (Fsp3) is 0.391. The van der Waals surface area contributed by atoms with E-state index in [1.54, 1.807) is 64.8 Å². The molecule has 3 rings (SSSR count). The highest BCUT2D eigenvalue weighted by atomic mass is 32.2. The van der Waals surface area contributed by atoms with Gasteiger partial charge in [0.25, 0.3) is 0 Å². The van der Waals surface area contributed by atoms with E-state index in [0.29, 0.717) is 49.2 Å². The van der Waals surface area contributed by atoms with Crippen molar-refractivity contribution in [3.05, 3.63) is 48.0 Å². The molecule has 0 aromatic heterocycles. The van der Waals surface area contributed by atoms with Crippen molar-refractivity contribution in [3.8, 4) is 23.0 Å². The Bertz CT molecular complexity index is 1020. The van der Waals surface area contributed by atoms with E-state index in [9.17, 15) is 8.42 Å². The summed E-state index contributed by atoms with van der Waals surface area (Å²) in [5, 5.41) is 0. The summed E-state index contributed by atoms with van der Waals surface area (Å²) in [4.78, 5) is 0.230. The Hall–Kier alpha value is -2.75. The number of nitrogens with zero attached hydrogens (tertiary/aromatic N) is 1. The van der Waals surface area contributed by atoms with Crippen molar-refractivity contribution in [2.75, 3.05) is 54.7 Å². The van der Waals surface area contributed by atoms with Gasteiger partial charge in [-0.2, -0.15) is 4.31 Å². The minimum absolute atomic E-state index is 0.230. The van der Waals surface area contributed by atoms with Crippen molar-refractivity contribution < 1.29 is 32.1 Å².